The number of nitrogens with one attached hydrogen (secondary N) is 1. The van der Waals surface area contributed by atoms with Gasteiger partial charge in [-0.15, -0.1) is 0 Å². The summed E-state index contributed by atoms with van der Waals surface area (Å²) in [5.41, 5.74) is 0. The normalized spacial score (nSPS) is 12.2. The summed E-state index contributed by atoms with van der Waals surface area (Å²) < 4.78 is 6.01. The molecule has 1 atom stereocenters. The minimum absolute atomic E-state index is 0.0124. The number of esters is 1. The Balaban J connectivity index is 4.21. The Morgan fingerprint density at radius 3 is 1.46 bits per heavy atom. The third-order valence-corrected chi connectivity index (χ3v) is 9.63. The number of carbonyl (C=O) groups is 3. The van der Waals surface area contributed by atoms with Crippen molar-refractivity contribution in [2.45, 2.75) is 232 Å². The van der Waals surface area contributed by atoms with Crippen LogP contribution in [0.1, 0.15) is 226 Å². The lowest BCUT2D eigenvalue weighted by atomic mass is 10.0. The highest BCUT2D eigenvalue weighted by Gasteiger charge is 2.14. The first-order chi connectivity index (χ1) is 24.5. The van der Waals surface area contributed by atoms with Crippen LogP contribution in [0, 0.1) is 0 Å². The van der Waals surface area contributed by atoms with Gasteiger partial charge in [0.1, 0.15) is 12.6 Å². The SMILES string of the molecule is CCCCCCC/C=C\C/C=C\CCCC(CCCCCCCC(=O)NCC(=O)O)OC(=O)CCCCCCCCCCCCCCCCC. The number of carboxylic acid groups (broad SMARTS) is 1. The Kier molecular flexibility index (Phi) is 38.0. The third kappa shape index (κ3) is 38.7. The lowest BCUT2D eigenvalue weighted by molar-refractivity contribution is -0.150. The number of carboxylic acids is 1. The molecular weight excluding hydrogens is 622 g/mol. The lowest BCUT2D eigenvalue weighted by Gasteiger charge is -2.18. The van der Waals surface area contributed by atoms with E-state index in [1.165, 1.54) is 122 Å². The van der Waals surface area contributed by atoms with Crippen molar-refractivity contribution in [2.24, 2.45) is 0 Å². The molecule has 1 unspecified atom stereocenters. The summed E-state index contributed by atoms with van der Waals surface area (Å²) in [7, 11) is 0. The molecule has 1 amide bonds. The molecular formula is C44H81NO5. The first-order valence-corrected chi connectivity index (χ1v) is 21.5. The van der Waals surface area contributed by atoms with Crippen LogP contribution in [0.25, 0.3) is 0 Å². The van der Waals surface area contributed by atoms with Crippen molar-refractivity contribution >= 4 is 17.8 Å². The first-order valence-electron chi connectivity index (χ1n) is 21.5. The molecule has 0 fully saturated rings. The number of unbranched alkanes of at least 4 members (excludes halogenated alkanes) is 24. The van der Waals surface area contributed by atoms with Crippen LogP contribution in [-0.2, 0) is 19.1 Å². The molecule has 50 heavy (non-hydrogen) atoms. The fraction of sp³-hybridized carbons (Fsp3) is 0.841. The van der Waals surface area contributed by atoms with Crippen molar-refractivity contribution in [3.63, 3.8) is 0 Å². The van der Waals surface area contributed by atoms with Crippen molar-refractivity contribution in [2.75, 3.05) is 6.54 Å². The van der Waals surface area contributed by atoms with Crippen LogP contribution in [0.5, 0.6) is 0 Å². The highest BCUT2D eigenvalue weighted by molar-refractivity contribution is 5.80. The molecule has 0 aromatic rings. The predicted octanol–water partition coefficient (Wildman–Crippen LogP) is 13.1. The van der Waals surface area contributed by atoms with Gasteiger partial charge < -0.3 is 15.2 Å². The molecule has 0 aliphatic rings. The number of rotatable bonds is 39. The van der Waals surface area contributed by atoms with Crippen molar-refractivity contribution in [3.8, 4) is 0 Å². The average molecular weight is 704 g/mol. The highest BCUT2D eigenvalue weighted by atomic mass is 16.5. The average Bonchev–Trinajstić information content (AvgIpc) is 3.10. The van der Waals surface area contributed by atoms with E-state index in [4.69, 9.17) is 9.84 Å². The monoisotopic (exact) mass is 704 g/mol. The molecule has 0 radical (unpaired) electrons. The van der Waals surface area contributed by atoms with Gasteiger partial charge in [-0.25, -0.2) is 0 Å². The van der Waals surface area contributed by atoms with E-state index >= 15 is 0 Å². The summed E-state index contributed by atoms with van der Waals surface area (Å²) in [5, 5.41) is 11.1. The standard InChI is InChI=1S/C44H81NO5/c1-3-5-7-9-11-13-15-17-18-20-22-24-26-31-35-39-44(49)50-41(37-33-29-27-30-34-38-42(46)45-40-43(47)48)36-32-28-25-23-21-19-16-14-12-10-8-6-4-2/h16,19,23,25,41H,3-15,17-18,20-22,24,26-40H2,1-2H3,(H,45,46)(H,47,48)/b19-16-,25-23-. The maximum atomic E-state index is 12.7. The number of allylic oxidation sites excluding steroid dienone is 4. The zero-order valence-corrected chi connectivity index (χ0v) is 33.0. The lowest BCUT2D eigenvalue weighted by Crippen LogP contribution is -2.28. The van der Waals surface area contributed by atoms with E-state index in [1.54, 1.807) is 0 Å². The van der Waals surface area contributed by atoms with Crippen molar-refractivity contribution in [1.29, 1.82) is 0 Å². The summed E-state index contributed by atoms with van der Waals surface area (Å²) in [4.78, 5) is 35.0. The van der Waals surface area contributed by atoms with Crippen LogP contribution >= 0.6 is 0 Å². The van der Waals surface area contributed by atoms with E-state index in [0.717, 1.165) is 77.0 Å². The molecule has 0 aromatic carbocycles. The number of aliphatic carboxylic acids is 1. The van der Waals surface area contributed by atoms with Gasteiger partial charge in [-0.1, -0.05) is 173 Å². The van der Waals surface area contributed by atoms with Gasteiger partial charge >= 0.3 is 11.9 Å². The number of ether oxygens (including phenoxy) is 1. The number of hydrogen-bond acceptors (Lipinski definition) is 4. The summed E-state index contributed by atoms with van der Waals surface area (Å²) in [5.74, 6) is -1.25. The first kappa shape index (κ1) is 47.9. The largest absolute Gasteiger partial charge is 0.480 e. The van der Waals surface area contributed by atoms with Crippen LogP contribution in [0.3, 0.4) is 0 Å². The Morgan fingerprint density at radius 2 is 0.940 bits per heavy atom. The predicted molar refractivity (Wildman–Crippen MR) is 213 cm³/mol. The van der Waals surface area contributed by atoms with Gasteiger partial charge in [-0.3, -0.25) is 14.4 Å². The molecule has 0 aromatic heterocycles. The summed E-state index contributed by atoms with van der Waals surface area (Å²) in [6, 6.07) is 0. The second kappa shape index (κ2) is 39.7. The van der Waals surface area contributed by atoms with Gasteiger partial charge in [-0.05, 0) is 64.2 Å². The van der Waals surface area contributed by atoms with Crippen LogP contribution in [0.4, 0.5) is 0 Å². The van der Waals surface area contributed by atoms with Crippen molar-refractivity contribution in [3.05, 3.63) is 24.3 Å². The maximum absolute atomic E-state index is 12.7. The molecule has 0 spiro atoms. The number of carbonyl (C=O) groups excluding carboxylic acids is 2. The summed E-state index contributed by atoms with van der Waals surface area (Å²) in [6.07, 6.45) is 47.3. The second-order valence-electron chi connectivity index (χ2n) is 14.6. The molecule has 0 heterocycles. The molecule has 6 heteroatoms. The molecule has 0 rings (SSSR count). The Morgan fingerprint density at radius 1 is 0.520 bits per heavy atom. The molecule has 292 valence electrons. The molecule has 0 saturated carbocycles. The Labute approximate surface area is 309 Å². The second-order valence-corrected chi connectivity index (χ2v) is 14.6. The number of hydrogen-bond donors (Lipinski definition) is 2. The maximum Gasteiger partial charge on any atom is 0.322 e. The fourth-order valence-corrected chi connectivity index (χ4v) is 6.43. The summed E-state index contributed by atoms with van der Waals surface area (Å²) >= 11 is 0. The van der Waals surface area contributed by atoms with E-state index in [2.05, 4.69) is 43.5 Å². The van der Waals surface area contributed by atoms with E-state index in [-0.39, 0.29) is 24.5 Å². The van der Waals surface area contributed by atoms with Crippen molar-refractivity contribution in [1.82, 2.24) is 5.32 Å². The highest BCUT2D eigenvalue weighted by Crippen LogP contribution is 2.18. The Hall–Kier alpha value is -2.11. The summed E-state index contributed by atoms with van der Waals surface area (Å²) in [6.45, 7) is 4.22. The molecule has 0 aliphatic carbocycles. The smallest absolute Gasteiger partial charge is 0.322 e. The van der Waals surface area contributed by atoms with E-state index in [1.807, 2.05) is 0 Å². The minimum atomic E-state index is -1.02. The molecule has 6 nitrogen and oxygen atoms in total. The van der Waals surface area contributed by atoms with Gasteiger partial charge in [0, 0.05) is 12.8 Å². The fourth-order valence-electron chi connectivity index (χ4n) is 6.43. The molecule has 2 N–H and O–H groups in total. The molecule has 0 saturated heterocycles. The molecule has 0 aliphatic heterocycles. The van der Waals surface area contributed by atoms with Gasteiger partial charge in [0.15, 0.2) is 0 Å². The van der Waals surface area contributed by atoms with Gasteiger partial charge in [-0.2, -0.15) is 0 Å². The topological polar surface area (TPSA) is 92.7 Å². The zero-order chi connectivity index (χ0) is 36.6. The van der Waals surface area contributed by atoms with Gasteiger partial charge in [0.2, 0.25) is 5.91 Å². The zero-order valence-electron chi connectivity index (χ0n) is 33.0. The van der Waals surface area contributed by atoms with E-state index in [0.29, 0.717) is 12.8 Å². The van der Waals surface area contributed by atoms with Crippen LogP contribution in [-0.4, -0.2) is 35.6 Å². The number of amides is 1. The van der Waals surface area contributed by atoms with Crippen LogP contribution in [0.2, 0.25) is 0 Å². The third-order valence-electron chi connectivity index (χ3n) is 9.63. The van der Waals surface area contributed by atoms with E-state index < -0.39 is 5.97 Å². The van der Waals surface area contributed by atoms with Gasteiger partial charge in [0.25, 0.3) is 0 Å². The van der Waals surface area contributed by atoms with E-state index in [9.17, 15) is 14.4 Å². The van der Waals surface area contributed by atoms with Crippen molar-refractivity contribution < 1.29 is 24.2 Å². The van der Waals surface area contributed by atoms with Crippen LogP contribution < -0.4 is 5.32 Å². The Bertz CT molecular complexity index is 823. The molecule has 0 bridgehead atoms. The quantitative estimate of drug-likeness (QED) is 0.0378. The minimum Gasteiger partial charge on any atom is -0.480 e. The van der Waals surface area contributed by atoms with Crippen LogP contribution in [0.15, 0.2) is 24.3 Å². The van der Waals surface area contributed by atoms with Gasteiger partial charge in [0.05, 0.1) is 0 Å².